The van der Waals surface area contributed by atoms with Gasteiger partial charge in [0.2, 0.25) is 0 Å². The molecule has 8 nitrogen and oxygen atoms in total. The lowest BCUT2D eigenvalue weighted by molar-refractivity contribution is -0.174. The average Bonchev–Trinajstić information content (AvgIpc) is 3.63. The van der Waals surface area contributed by atoms with E-state index in [0.717, 1.165) is 53.0 Å². The van der Waals surface area contributed by atoms with E-state index < -0.39 is 22.5 Å². The van der Waals surface area contributed by atoms with Gasteiger partial charge in [0.1, 0.15) is 11.5 Å². The largest absolute Gasteiger partial charge is 0.497 e. The van der Waals surface area contributed by atoms with Crippen LogP contribution in [0.1, 0.15) is 92.8 Å². The van der Waals surface area contributed by atoms with Crippen LogP contribution in [0.2, 0.25) is 0 Å². The zero-order valence-corrected chi connectivity index (χ0v) is 31.5. The summed E-state index contributed by atoms with van der Waals surface area (Å²) in [4.78, 5) is 32.3. The van der Waals surface area contributed by atoms with Gasteiger partial charge in [-0.15, -0.1) is 11.3 Å². The number of nitrogens with zero attached hydrogens (tertiary/aromatic N) is 1. The number of aliphatic hydroxyl groups excluding tert-OH is 1. The number of Topliss-reactive ketones (excluding diaryl/α,β-unsaturated/α-hetero) is 1. The summed E-state index contributed by atoms with van der Waals surface area (Å²) >= 11 is 1.54. The standard InChI is InChI=1S/C41H54N2O6S/c1-25(2)42-36(46)43(23-27-9-10-29(48-6)20-31(27)49-7)24-40(47)17-14-34-38(40,5)16-13-33-37(4)15-12-28(44)21-39(37)18-19-41(33,34)30(22-39)35(45)32-11-8-26(3)50-32/h8-11,18-20,22,25,28,33-34,44,47H,12-17,21,23-24H2,1-7H3,(H,42,46)/t28?,33-,34-,37-,38+,39+,40-,41-/m1/s1. The monoisotopic (exact) mass is 702 g/mol. The molecule has 2 spiro atoms. The van der Waals surface area contributed by atoms with E-state index in [-0.39, 0.29) is 53.6 Å². The van der Waals surface area contributed by atoms with Gasteiger partial charge >= 0.3 is 6.03 Å². The molecule has 3 N–H and O–H groups in total. The normalized spacial score (nSPS) is 36.7. The van der Waals surface area contributed by atoms with Crippen LogP contribution >= 0.6 is 11.3 Å². The third-order valence-corrected chi connectivity index (χ3v) is 14.9. The van der Waals surface area contributed by atoms with Crippen LogP contribution in [0.25, 0.3) is 0 Å². The first-order chi connectivity index (χ1) is 23.6. The van der Waals surface area contributed by atoms with Gasteiger partial charge in [-0.2, -0.15) is 0 Å². The number of ketones is 1. The number of rotatable bonds is 9. The fraction of sp³-hybridized carbons (Fsp3) is 0.610. The fourth-order valence-electron chi connectivity index (χ4n) is 11.3. The zero-order chi connectivity index (χ0) is 35.9. The number of amides is 2. The Labute approximate surface area is 300 Å². The minimum Gasteiger partial charge on any atom is -0.497 e. The Balaban J connectivity index is 1.29. The van der Waals surface area contributed by atoms with Crippen LogP contribution in [0, 0.1) is 40.4 Å². The van der Waals surface area contributed by atoms with Crippen LogP contribution < -0.4 is 14.8 Å². The predicted octanol–water partition coefficient (Wildman–Crippen LogP) is 7.47. The third-order valence-electron chi connectivity index (χ3n) is 13.9. The third kappa shape index (κ3) is 5.04. The summed E-state index contributed by atoms with van der Waals surface area (Å²) in [6.07, 6.45) is 11.8. The van der Waals surface area contributed by atoms with E-state index in [0.29, 0.717) is 24.3 Å². The van der Waals surface area contributed by atoms with Crippen molar-refractivity contribution in [2.75, 3.05) is 20.8 Å². The van der Waals surface area contributed by atoms with E-state index in [4.69, 9.17) is 9.47 Å². The van der Waals surface area contributed by atoms with Crippen LogP contribution in [-0.4, -0.2) is 65.4 Å². The number of allylic oxidation sites excluding steroid dienone is 4. The van der Waals surface area contributed by atoms with Crippen molar-refractivity contribution in [2.24, 2.45) is 33.5 Å². The molecule has 0 saturated heterocycles. The molecule has 6 aliphatic carbocycles. The van der Waals surface area contributed by atoms with Gasteiger partial charge in [-0.3, -0.25) is 4.79 Å². The van der Waals surface area contributed by atoms with Gasteiger partial charge in [0.25, 0.3) is 0 Å². The van der Waals surface area contributed by atoms with Crippen LogP contribution in [0.4, 0.5) is 4.79 Å². The van der Waals surface area contributed by atoms with Crippen molar-refractivity contribution in [1.82, 2.24) is 10.2 Å². The van der Waals surface area contributed by atoms with Crippen molar-refractivity contribution < 1.29 is 29.3 Å². The van der Waals surface area contributed by atoms with E-state index in [1.54, 1.807) is 30.5 Å². The topological polar surface area (TPSA) is 108 Å². The number of methoxy groups -OCH3 is 2. The first kappa shape index (κ1) is 35.3. The Morgan fingerprint density at radius 3 is 2.40 bits per heavy atom. The molecule has 3 saturated carbocycles. The molecule has 1 aromatic carbocycles. The number of fused-ring (bicyclic) bond motifs is 1. The Kier molecular flexibility index (Phi) is 8.63. The molecule has 0 radical (unpaired) electrons. The van der Waals surface area contributed by atoms with E-state index >= 15 is 0 Å². The lowest BCUT2D eigenvalue weighted by Gasteiger charge is -2.71. The lowest BCUT2D eigenvalue weighted by Crippen LogP contribution is -2.67. The van der Waals surface area contributed by atoms with Crippen molar-refractivity contribution in [2.45, 2.75) is 104 Å². The molecule has 3 fully saturated rings. The van der Waals surface area contributed by atoms with Gasteiger partial charge in [0.15, 0.2) is 5.78 Å². The number of carbonyl (C=O) groups excluding carboxylic acids is 2. The van der Waals surface area contributed by atoms with Crippen molar-refractivity contribution in [3.63, 3.8) is 0 Å². The summed E-state index contributed by atoms with van der Waals surface area (Å²) in [6, 6.07) is 9.26. The summed E-state index contributed by atoms with van der Waals surface area (Å²) in [5.74, 6) is 1.58. The summed E-state index contributed by atoms with van der Waals surface area (Å²) in [6.45, 7) is 10.9. The van der Waals surface area contributed by atoms with Gasteiger partial charge in [-0.05, 0) is 107 Å². The molecule has 1 unspecified atom stereocenters. The quantitative estimate of drug-likeness (QED) is 0.185. The molecule has 0 aliphatic heterocycles. The minimum atomic E-state index is -1.19. The number of aliphatic hydroxyl groups is 2. The lowest BCUT2D eigenvalue weighted by atomic mass is 9.32. The van der Waals surface area contributed by atoms with Gasteiger partial charge in [-0.1, -0.05) is 32.1 Å². The summed E-state index contributed by atoms with van der Waals surface area (Å²) in [5, 5.41) is 27.1. The molecule has 50 heavy (non-hydrogen) atoms. The zero-order valence-electron chi connectivity index (χ0n) is 30.7. The smallest absolute Gasteiger partial charge is 0.317 e. The molecule has 1 aromatic heterocycles. The minimum absolute atomic E-state index is 0.00114. The van der Waals surface area contributed by atoms with Crippen LogP contribution in [0.5, 0.6) is 11.5 Å². The second-order valence-corrected chi connectivity index (χ2v) is 18.0. The number of hydrogen-bond donors (Lipinski definition) is 3. The molecular formula is C41H54N2O6S. The van der Waals surface area contributed by atoms with Crippen molar-refractivity contribution in [3.05, 3.63) is 69.5 Å². The molecule has 1 heterocycles. The van der Waals surface area contributed by atoms with Gasteiger partial charge in [0.05, 0.1) is 43.9 Å². The van der Waals surface area contributed by atoms with Crippen molar-refractivity contribution in [1.29, 1.82) is 0 Å². The maximum absolute atomic E-state index is 14.7. The fourth-order valence-corrected chi connectivity index (χ4v) is 12.2. The Bertz CT molecular complexity index is 1750. The van der Waals surface area contributed by atoms with E-state index in [1.807, 2.05) is 51.1 Å². The van der Waals surface area contributed by atoms with Gasteiger partial charge in [0, 0.05) is 44.4 Å². The number of carbonyl (C=O) groups is 2. The second kappa shape index (κ2) is 12.2. The average molecular weight is 703 g/mol. The van der Waals surface area contributed by atoms with Crippen LogP contribution in [0.3, 0.4) is 0 Å². The van der Waals surface area contributed by atoms with Crippen molar-refractivity contribution in [3.8, 4) is 11.5 Å². The number of ether oxygens (including phenoxy) is 2. The molecule has 9 heteroatoms. The summed E-state index contributed by atoms with van der Waals surface area (Å²) in [5.41, 5.74) is -1.10. The summed E-state index contributed by atoms with van der Waals surface area (Å²) < 4.78 is 11.1. The van der Waals surface area contributed by atoms with Crippen molar-refractivity contribution >= 4 is 23.2 Å². The first-order valence-electron chi connectivity index (χ1n) is 18.4. The molecule has 6 aliphatic rings. The highest BCUT2D eigenvalue weighted by atomic mass is 32.1. The Morgan fingerprint density at radius 2 is 1.72 bits per heavy atom. The number of aryl methyl sites for hydroxylation is 1. The highest BCUT2D eigenvalue weighted by Gasteiger charge is 2.74. The number of thiophene rings is 1. The Hall–Kier alpha value is -3.14. The number of benzene rings is 1. The van der Waals surface area contributed by atoms with E-state index in [9.17, 15) is 19.8 Å². The molecule has 270 valence electrons. The maximum atomic E-state index is 14.7. The van der Waals surface area contributed by atoms with E-state index in [1.165, 1.54) is 0 Å². The van der Waals surface area contributed by atoms with Crippen LogP contribution in [0.15, 0.2) is 54.1 Å². The number of urea groups is 1. The summed E-state index contributed by atoms with van der Waals surface area (Å²) in [7, 11) is 3.22. The molecule has 2 amide bonds. The molecule has 8 atom stereocenters. The Morgan fingerprint density at radius 1 is 1.00 bits per heavy atom. The molecule has 2 bridgehead atoms. The maximum Gasteiger partial charge on any atom is 0.317 e. The van der Waals surface area contributed by atoms with E-state index in [2.05, 4.69) is 37.4 Å². The van der Waals surface area contributed by atoms with Gasteiger partial charge in [-0.25, -0.2) is 4.79 Å². The molecule has 2 aromatic rings. The number of hydrogen-bond acceptors (Lipinski definition) is 7. The first-order valence-corrected chi connectivity index (χ1v) is 19.2. The SMILES string of the molecule is COc1ccc(CN(C[C@]2(O)CC[C@H]3[C@]45C=C[C@@]6(C=C4C(=O)c4ccc(C)s4)CC(O)CC[C@]6(C)[C@H]5CC[C@@]32C)C(=O)NC(C)C)c(OC)c1. The van der Waals surface area contributed by atoms with Gasteiger partial charge < -0.3 is 29.9 Å². The predicted molar refractivity (Wildman–Crippen MR) is 196 cm³/mol. The number of nitrogens with one attached hydrogen (secondary N) is 1. The highest BCUT2D eigenvalue weighted by molar-refractivity contribution is 7.14. The van der Waals surface area contributed by atoms with Crippen LogP contribution in [-0.2, 0) is 6.54 Å². The molecular weight excluding hydrogens is 649 g/mol. The second-order valence-electron chi connectivity index (χ2n) is 16.7. The molecule has 8 rings (SSSR count). The highest BCUT2D eigenvalue weighted by Crippen LogP contribution is 2.78.